The van der Waals surface area contributed by atoms with Crippen LogP contribution in [0.2, 0.25) is 0 Å². The van der Waals surface area contributed by atoms with Crippen LogP contribution in [0.1, 0.15) is 76.9 Å². The molecule has 3 aromatic heterocycles. The van der Waals surface area contributed by atoms with Gasteiger partial charge in [0.15, 0.2) is 0 Å². The molecule has 0 spiro atoms. The predicted molar refractivity (Wildman–Crippen MR) is 217 cm³/mol. The van der Waals surface area contributed by atoms with E-state index in [0.717, 1.165) is 44.9 Å². The van der Waals surface area contributed by atoms with Crippen LogP contribution in [0.25, 0.3) is 61.4 Å². The monoisotopic (exact) mass is 676 g/mol. The molecule has 2 atom stereocenters. The molecule has 0 amide bonds. The summed E-state index contributed by atoms with van der Waals surface area (Å²) in [6, 6.07) is 35.2. The van der Waals surface area contributed by atoms with Crippen LogP contribution in [0.5, 0.6) is 0 Å². The Morgan fingerprint density at radius 1 is 0.706 bits per heavy atom. The van der Waals surface area contributed by atoms with E-state index in [4.69, 9.17) is 0 Å². The van der Waals surface area contributed by atoms with Crippen molar-refractivity contribution >= 4 is 67.0 Å². The Morgan fingerprint density at radius 3 is 2.53 bits per heavy atom. The highest BCUT2D eigenvalue weighted by Crippen LogP contribution is 2.43. The molecule has 2 unspecified atom stereocenters. The highest BCUT2D eigenvalue weighted by molar-refractivity contribution is 7.19. The molecule has 51 heavy (non-hydrogen) atoms. The molecule has 11 rings (SSSR count). The van der Waals surface area contributed by atoms with E-state index in [9.17, 15) is 0 Å². The van der Waals surface area contributed by atoms with E-state index in [2.05, 4.69) is 143 Å². The van der Waals surface area contributed by atoms with Crippen molar-refractivity contribution in [3.8, 4) is 5.69 Å². The molecule has 0 saturated carbocycles. The zero-order valence-electron chi connectivity index (χ0n) is 28.8. The third-order valence-corrected chi connectivity index (χ3v) is 13.3. The Balaban J connectivity index is 1.00. The summed E-state index contributed by atoms with van der Waals surface area (Å²) < 4.78 is 6.69. The Bertz CT molecular complexity index is 2780. The second-order valence-corrected chi connectivity index (χ2v) is 16.0. The number of thiophene rings is 1. The first kappa shape index (κ1) is 29.6. The number of fused-ring (bicyclic) bond motifs is 9. The van der Waals surface area contributed by atoms with Gasteiger partial charge >= 0.3 is 0 Å². The van der Waals surface area contributed by atoms with Gasteiger partial charge < -0.3 is 9.13 Å². The number of nitrogens with zero attached hydrogens (tertiary/aromatic N) is 2. The van der Waals surface area contributed by atoms with Gasteiger partial charge in [-0.1, -0.05) is 97.1 Å². The van der Waals surface area contributed by atoms with Crippen molar-refractivity contribution in [2.45, 2.75) is 63.3 Å². The number of rotatable bonds is 4. The van der Waals surface area contributed by atoms with Gasteiger partial charge in [0.1, 0.15) is 0 Å². The molecule has 0 fully saturated rings. The molecular formula is C48H40N2S. The summed E-state index contributed by atoms with van der Waals surface area (Å²) in [6.07, 6.45) is 25.8. The number of aryl methyl sites for hydroxylation is 1. The van der Waals surface area contributed by atoms with E-state index < -0.39 is 0 Å². The van der Waals surface area contributed by atoms with Gasteiger partial charge in [0.25, 0.3) is 0 Å². The molecule has 3 heteroatoms. The first-order valence-corrected chi connectivity index (χ1v) is 19.7. The van der Waals surface area contributed by atoms with E-state index in [1.807, 2.05) is 11.3 Å². The third kappa shape index (κ3) is 4.67. The lowest BCUT2D eigenvalue weighted by Gasteiger charge is -2.26. The third-order valence-electron chi connectivity index (χ3n) is 12.0. The summed E-state index contributed by atoms with van der Waals surface area (Å²) in [6.45, 7) is 0. The summed E-state index contributed by atoms with van der Waals surface area (Å²) >= 11 is 2.01. The number of benzene rings is 4. The highest BCUT2D eigenvalue weighted by Gasteiger charge is 2.27. The fourth-order valence-electron chi connectivity index (χ4n) is 9.68. The average molecular weight is 677 g/mol. The normalized spacial score (nSPS) is 19.4. The number of hydrogen-bond donors (Lipinski definition) is 0. The van der Waals surface area contributed by atoms with Crippen LogP contribution in [0.3, 0.4) is 0 Å². The molecule has 4 aromatic carbocycles. The van der Waals surface area contributed by atoms with Crippen LogP contribution < -0.4 is 10.6 Å². The largest absolute Gasteiger partial charge is 0.337 e. The summed E-state index contributed by atoms with van der Waals surface area (Å²) in [4.78, 5) is 1.58. The van der Waals surface area contributed by atoms with Crippen molar-refractivity contribution in [1.82, 2.24) is 9.13 Å². The summed E-state index contributed by atoms with van der Waals surface area (Å²) in [5.41, 5.74) is 12.6. The molecule has 0 N–H and O–H groups in total. The van der Waals surface area contributed by atoms with Crippen molar-refractivity contribution in [2.24, 2.45) is 0 Å². The molecular weight excluding hydrogens is 637 g/mol. The molecule has 4 aliphatic carbocycles. The molecule has 3 heterocycles. The molecule has 0 saturated heterocycles. The van der Waals surface area contributed by atoms with Crippen LogP contribution in [-0.4, -0.2) is 9.13 Å². The minimum absolute atomic E-state index is 0.346. The topological polar surface area (TPSA) is 9.86 Å². The van der Waals surface area contributed by atoms with E-state index >= 15 is 0 Å². The second-order valence-electron chi connectivity index (χ2n) is 14.9. The van der Waals surface area contributed by atoms with E-state index in [1.165, 1.54) is 82.5 Å². The lowest BCUT2D eigenvalue weighted by Crippen LogP contribution is -2.32. The molecule has 7 aromatic rings. The van der Waals surface area contributed by atoms with Crippen LogP contribution in [0.15, 0.2) is 115 Å². The Kier molecular flexibility index (Phi) is 6.80. The maximum Gasteiger partial charge on any atom is 0.0495 e. The van der Waals surface area contributed by atoms with Gasteiger partial charge in [0, 0.05) is 77.3 Å². The number of hydrogen-bond acceptors (Lipinski definition) is 1. The number of aromatic nitrogens is 2. The highest BCUT2D eigenvalue weighted by atomic mass is 32.1. The molecule has 0 bridgehead atoms. The lowest BCUT2D eigenvalue weighted by atomic mass is 9.89. The quantitative estimate of drug-likeness (QED) is 0.176. The van der Waals surface area contributed by atoms with Crippen LogP contribution in [0, 0.1) is 0 Å². The van der Waals surface area contributed by atoms with E-state index in [0.29, 0.717) is 12.0 Å². The SMILES string of the molecule is C1=CC(c2cccc(-n3c4c(c5c3=CCC(c3ccc6c(c3)c3ccccc3n6C3CCc6c(sc7ccccc67)C3)C=5)C=CCC4)c2)=CCC1. The van der Waals surface area contributed by atoms with Crippen molar-refractivity contribution < 1.29 is 0 Å². The zero-order chi connectivity index (χ0) is 33.5. The maximum absolute atomic E-state index is 2.69. The number of allylic oxidation sites excluding steroid dienone is 5. The average Bonchev–Trinajstić information content (AvgIpc) is 3.85. The van der Waals surface area contributed by atoms with E-state index in [1.54, 1.807) is 10.4 Å². The Morgan fingerprint density at radius 2 is 1.59 bits per heavy atom. The first-order chi connectivity index (χ1) is 25.3. The number of para-hydroxylation sites is 1. The zero-order valence-corrected chi connectivity index (χ0v) is 29.6. The van der Waals surface area contributed by atoms with Crippen LogP contribution in [-0.2, 0) is 19.3 Å². The molecule has 0 radical (unpaired) electrons. The van der Waals surface area contributed by atoms with Crippen molar-refractivity contribution in [3.63, 3.8) is 0 Å². The van der Waals surface area contributed by atoms with Crippen LogP contribution in [0.4, 0.5) is 0 Å². The lowest BCUT2D eigenvalue weighted by molar-refractivity contribution is 0.471. The molecule has 0 aliphatic heterocycles. The summed E-state index contributed by atoms with van der Waals surface area (Å²) in [5.74, 6) is 0.346. The summed E-state index contributed by atoms with van der Waals surface area (Å²) in [5, 5.41) is 7.02. The van der Waals surface area contributed by atoms with Crippen molar-refractivity contribution in [3.05, 3.63) is 159 Å². The smallest absolute Gasteiger partial charge is 0.0495 e. The Labute approximate surface area is 302 Å². The molecule has 248 valence electrons. The second kappa shape index (κ2) is 11.7. The minimum atomic E-state index is 0.346. The first-order valence-electron chi connectivity index (χ1n) is 18.9. The van der Waals surface area contributed by atoms with Gasteiger partial charge in [0.05, 0.1) is 0 Å². The van der Waals surface area contributed by atoms with Gasteiger partial charge in [-0.25, -0.2) is 0 Å². The molecule has 4 aliphatic rings. The van der Waals surface area contributed by atoms with E-state index in [-0.39, 0.29) is 0 Å². The molecule has 2 nitrogen and oxygen atoms in total. The fourth-order valence-corrected chi connectivity index (χ4v) is 11.0. The van der Waals surface area contributed by atoms with Crippen LogP contribution >= 0.6 is 11.3 Å². The Hall–Kier alpha value is -5.12. The minimum Gasteiger partial charge on any atom is -0.337 e. The fraction of sp³-hybridized carbons (Fsp3) is 0.208. The van der Waals surface area contributed by atoms with Gasteiger partial charge in [-0.05, 0) is 109 Å². The van der Waals surface area contributed by atoms with Crippen molar-refractivity contribution in [1.29, 1.82) is 0 Å². The van der Waals surface area contributed by atoms with Gasteiger partial charge in [0.2, 0.25) is 0 Å². The van der Waals surface area contributed by atoms with Gasteiger partial charge in [-0.3, -0.25) is 0 Å². The van der Waals surface area contributed by atoms with Crippen molar-refractivity contribution in [2.75, 3.05) is 0 Å². The standard InChI is InChI=1S/C48H40N2S/c1-2-11-31(12-3-1)32-13-10-14-35(27-32)49-43-18-7-4-15-37(43)41-28-33(21-25-45(41)49)34-22-26-46-42(29-34)38-16-5-8-19-44(38)50(46)36-23-24-40-39-17-6-9-20-47(39)51-48(40)30-36/h2,4-6,8-17,19-20,22,25-29,33,36H,1,3,7,18,21,23-24,30H2. The van der Waals surface area contributed by atoms with Gasteiger partial charge in [-0.15, -0.1) is 11.3 Å². The van der Waals surface area contributed by atoms with Gasteiger partial charge in [-0.2, -0.15) is 0 Å². The maximum atomic E-state index is 2.69. The predicted octanol–water partition coefficient (Wildman–Crippen LogP) is 11.0. The summed E-state index contributed by atoms with van der Waals surface area (Å²) in [7, 11) is 0.